The highest BCUT2D eigenvalue weighted by Crippen LogP contribution is 2.28. The van der Waals surface area contributed by atoms with E-state index in [1.165, 1.54) is 11.1 Å². The molecule has 0 spiro atoms. The summed E-state index contributed by atoms with van der Waals surface area (Å²) in [5.74, 6) is -0.545. The van der Waals surface area contributed by atoms with Gasteiger partial charge < -0.3 is 15.1 Å². The van der Waals surface area contributed by atoms with Crippen molar-refractivity contribution in [3.05, 3.63) is 88.4 Å². The topological polar surface area (TPSA) is 74.6 Å². The number of carbonyl (C=O) groups is 2. The summed E-state index contributed by atoms with van der Waals surface area (Å²) in [6.45, 7) is 7.76. The minimum absolute atomic E-state index is 0.155. The molecule has 0 unspecified atom stereocenters. The highest BCUT2D eigenvalue weighted by atomic mass is 16.3. The van der Waals surface area contributed by atoms with Gasteiger partial charge in [-0.15, -0.1) is 0 Å². The van der Waals surface area contributed by atoms with Crippen molar-refractivity contribution < 1.29 is 14.0 Å². The molecule has 0 bridgehead atoms. The fraction of sp³-hybridized carbons (Fsp3) is 0.308. The molecule has 2 N–H and O–H groups in total. The van der Waals surface area contributed by atoms with Gasteiger partial charge in [-0.3, -0.25) is 14.5 Å². The Bertz CT molecular complexity index is 1100. The maximum Gasteiger partial charge on any atom is 0.313 e. The number of amides is 2. The molecule has 0 saturated carbocycles. The minimum atomic E-state index is -0.665. The van der Waals surface area contributed by atoms with E-state index in [9.17, 15) is 9.59 Å². The molecule has 1 atom stereocenters. The van der Waals surface area contributed by atoms with Gasteiger partial charge in [0, 0.05) is 25.3 Å². The molecule has 2 heterocycles. The number of furan rings is 1. The Morgan fingerprint density at radius 3 is 2.41 bits per heavy atom. The van der Waals surface area contributed by atoms with Crippen molar-refractivity contribution in [2.45, 2.75) is 39.8 Å². The van der Waals surface area contributed by atoms with E-state index < -0.39 is 11.8 Å². The lowest BCUT2D eigenvalue weighted by molar-refractivity contribution is -0.136. The van der Waals surface area contributed by atoms with Crippen LogP contribution >= 0.6 is 0 Å². The number of nitrogens with zero attached hydrogens (tertiary/aromatic N) is 1. The molecule has 1 aliphatic heterocycles. The van der Waals surface area contributed by atoms with Crippen LogP contribution < -0.4 is 10.6 Å². The Kier molecular flexibility index (Phi) is 6.42. The van der Waals surface area contributed by atoms with E-state index in [-0.39, 0.29) is 12.6 Å². The first-order valence-corrected chi connectivity index (χ1v) is 10.9. The van der Waals surface area contributed by atoms with Crippen LogP contribution in [0.4, 0.5) is 5.69 Å². The molecule has 1 aliphatic rings. The van der Waals surface area contributed by atoms with E-state index >= 15 is 0 Å². The summed E-state index contributed by atoms with van der Waals surface area (Å²) >= 11 is 0. The highest BCUT2D eigenvalue weighted by Gasteiger charge is 2.28. The lowest BCUT2D eigenvalue weighted by atomic mass is 9.98. The molecule has 0 radical (unpaired) electrons. The normalized spacial score (nSPS) is 14.5. The summed E-state index contributed by atoms with van der Waals surface area (Å²) in [5, 5.41) is 5.58. The Labute approximate surface area is 188 Å². The second kappa shape index (κ2) is 9.40. The van der Waals surface area contributed by atoms with Gasteiger partial charge >= 0.3 is 11.8 Å². The first-order valence-electron chi connectivity index (χ1n) is 10.9. The van der Waals surface area contributed by atoms with E-state index in [2.05, 4.69) is 33.7 Å². The van der Waals surface area contributed by atoms with Gasteiger partial charge in [0.2, 0.25) is 0 Å². The molecule has 2 aromatic carbocycles. The van der Waals surface area contributed by atoms with Crippen LogP contribution in [0.1, 0.15) is 39.6 Å². The largest absolute Gasteiger partial charge is 0.468 e. The lowest BCUT2D eigenvalue weighted by Gasteiger charge is -2.34. The Morgan fingerprint density at radius 2 is 1.72 bits per heavy atom. The fourth-order valence-electron chi connectivity index (χ4n) is 4.49. The number of hydrogen-bond donors (Lipinski definition) is 2. The average Bonchev–Trinajstić information content (AvgIpc) is 3.30. The number of hydrogen-bond acceptors (Lipinski definition) is 4. The smallest absolute Gasteiger partial charge is 0.313 e. The maximum atomic E-state index is 12.6. The van der Waals surface area contributed by atoms with Crippen LogP contribution in [0.5, 0.6) is 0 Å². The number of fused-ring (bicyclic) bond motifs is 1. The van der Waals surface area contributed by atoms with E-state index in [4.69, 9.17) is 4.42 Å². The predicted octanol–water partition coefficient (Wildman–Crippen LogP) is 4.06. The second-order valence-corrected chi connectivity index (χ2v) is 8.46. The van der Waals surface area contributed by atoms with Gasteiger partial charge in [-0.25, -0.2) is 0 Å². The number of rotatable bonds is 5. The lowest BCUT2D eigenvalue weighted by Crippen LogP contribution is -2.43. The minimum Gasteiger partial charge on any atom is -0.468 e. The van der Waals surface area contributed by atoms with Crippen LogP contribution in [0.25, 0.3) is 0 Å². The molecule has 166 valence electrons. The van der Waals surface area contributed by atoms with Crippen molar-refractivity contribution in [2.24, 2.45) is 0 Å². The molecule has 0 fully saturated rings. The van der Waals surface area contributed by atoms with E-state index in [0.717, 1.165) is 42.0 Å². The molecule has 6 nitrogen and oxygen atoms in total. The van der Waals surface area contributed by atoms with Gasteiger partial charge in [0.25, 0.3) is 0 Å². The molecule has 0 saturated heterocycles. The average molecular weight is 432 g/mol. The van der Waals surface area contributed by atoms with Gasteiger partial charge in [0.1, 0.15) is 5.76 Å². The van der Waals surface area contributed by atoms with Crippen LogP contribution in [0.15, 0.2) is 59.2 Å². The molecule has 4 rings (SSSR count). The van der Waals surface area contributed by atoms with Crippen LogP contribution in [0.2, 0.25) is 0 Å². The number of carbonyl (C=O) groups excluding carboxylic acids is 2. The quantitative estimate of drug-likeness (QED) is 0.598. The zero-order valence-electron chi connectivity index (χ0n) is 18.8. The zero-order valence-corrected chi connectivity index (χ0v) is 18.8. The molecular formula is C26H29N3O3. The molecular weight excluding hydrogens is 402 g/mol. The molecule has 32 heavy (non-hydrogen) atoms. The molecule has 0 aliphatic carbocycles. The van der Waals surface area contributed by atoms with Gasteiger partial charge in [0.15, 0.2) is 0 Å². The Morgan fingerprint density at radius 1 is 1.00 bits per heavy atom. The number of anilines is 1. The van der Waals surface area contributed by atoms with Crippen LogP contribution in [0.3, 0.4) is 0 Å². The number of aryl methyl sites for hydroxylation is 3. The maximum absolute atomic E-state index is 12.6. The third-order valence-corrected chi connectivity index (χ3v) is 6.05. The molecule has 2 amide bonds. The Balaban J connectivity index is 1.44. The monoisotopic (exact) mass is 431 g/mol. The number of nitrogens with one attached hydrogen (secondary N) is 2. The van der Waals surface area contributed by atoms with Crippen molar-refractivity contribution in [1.29, 1.82) is 0 Å². The van der Waals surface area contributed by atoms with Crippen LogP contribution in [0, 0.1) is 20.8 Å². The first-order chi connectivity index (χ1) is 15.4. The van der Waals surface area contributed by atoms with Gasteiger partial charge in [0.05, 0.1) is 12.3 Å². The highest BCUT2D eigenvalue weighted by molar-refractivity contribution is 6.39. The third kappa shape index (κ3) is 4.75. The van der Waals surface area contributed by atoms with Crippen molar-refractivity contribution in [1.82, 2.24) is 10.2 Å². The van der Waals surface area contributed by atoms with Crippen molar-refractivity contribution in [2.75, 3.05) is 18.4 Å². The third-order valence-electron chi connectivity index (χ3n) is 6.05. The summed E-state index contributed by atoms with van der Waals surface area (Å²) in [6.07, 6.45) is 2.57. The standard InChI is InChI=1S/C26H29N3O3/c1-17-13-18(2)24(19(3)14-17)28-26(31)25(30)27-15-22(23-9-6-12-32-23)29-11-10-20-7-4-5-8-21(20)16-29/h4-9,12-14,22H,10-11,15-16H2,1-3H3,(H,27,30)(H,28,31)/t22-/m0/s1. The summed E-state index contributed by atoms with van der Waals surface area (Å²) in [4.78, 5) is 27.5. The van der Waals surface area contributed by atoms with Gasteiger partial charge in [-0.1, -0.05) is 42.0 Å². The SMILES string of the molecule is Cc1cc(C)c(NC(=O)C(=O)NC[C@@H](c2ccco2)N2CCc3ccccc3C2)c(C)c1. The summed E-state index contributed by atoms with van der Waals surface area (Å²) in [7, 11) is 0. The summed E-state index contributed by atoms with van der Waals surface area (Å²) < 4.78 is 5.67. The van der Waals surface area contributed by atoms with Crippen LogP contribution in [-0.4, -0.2) is 29.8 Å². The van der Waals surface area contributed by atoms with Crippen LogP contribution in [-0.2, 0) is 22.6 Å². The second-order valence-electron chi connectivity index (χ2n) is 8.46. The number of benzene rings is 2. The van der Waals surface area contributed by atoms with E-state index in [0.29, 0.717) is 5.69 Å². The van der Waals surface area contributed by atoms with E-state index in [1.807, 2.05) is 51.1 Å². The predicted molar refractivity (Wildman–Crippen MR) is 124 cm³/mol. The van der Waals surface area contributed by atoms with Crippen molar-refractivity contribution >= 4 is 17.5 Å². The fourth-order valence-corrected chi connectivity index (χ4v) is 4.49. The van der Waals surface area contributed by atoms with Crippen molar-refractivity contribution in [3.63, 3.8) is 0 Å². The molecule has 6 heteroatoms. The summed E-state index contributed by atoms with van der Waals surface area (Å²) in [5.41, 5.74) is 6.31. The van der Waals surface area contributed by atoms with Crippen molar-refractivity contribution in [3.8, 4) is 0 Å². The first kappa shape index (κ1) is 21.8. The Hall–Kier alpha value is -3.38. The van der Waals surface area contributed by atoms with E-state index in [1.54, 1.807) is 6.26 Å². The summed E-state index contributed by atoms with van der Waals surface area (Å²) in [6, 6.07) is 16.0. The zero-order chi connectivity index (χ0) is 22.7. The molecule has 3 aromatic rings. The van der Waals surface area contributed by atoms with Gasteiger partial charge in [-0.2, -0.15) is 0 Å². The molecule has 1 aromatic heterocycles. The van der Waals surface area contributed by atoms with Gasteiger partial charge in [-0.05, 0) is 61.6 Å².